The lowest BCUT2D eigenvalue weighted by Gasteiger charge is -2.14. The molecule has 0 saturated heterocycles. The van der Waals surface area contributed by atoms with Crippen LogP contribution in [0.15, 0.2) is 54.7 Å². The van der Waals surface area contributed by atoms with Gasteiger partial charge in [0.2, 0.25) is 5.95 Å². The molecular formula is C20H18F2N4O2. The van der Waals surface area contributed by atoms with E-state index in [0.29, 0.717) is 11.4 Å². The molecule has 3 rings (SSSR count). The summed E-state index contributed by atoms with van der Waals surface area (Å²) >= 11 is 0. The van der Waals surface area contributed by atoms with E-state index in [4.69, 9.17) is 4.74 Å². The Bertz CT molecular complexity index is 995. The van der Waals surface area contributed by atoms with Crippen LogP contribution in [-0.4, -0.2) is 22.0 Å². The van der Waals surface area contributed by atoms with Gasteiger partial charge in [0.05, 0.1) is 11.8 Å². The van der Waals surface area contributed by atoms with Crippen LogP contribution in [0.4, 0.5) is 26.1 Å². The first kappa shape index (κ1) is 19.2. The number of halogens is 2. The normalized spacial score (nSPS) is 10.6. The summed E-state index contributed by atoms with van der Waals surface area (Å²) in [6.45, 7) is 3.78. The van der Waals surface area contributed by atoms with Crippen LogP contribution >= 0.6 is 0 Å². The van der Waals surface area contributed by atoms with E-state index in [0.717, 1.165) is 12.1 Å². The first-order chi connectivity index (χ1) is 13.4. The molecule has 1 amide bonds. The Morgan fingerprint density at radius 3 is 2.61 bits per heavy atom. The van der Waals surface area contributed by atoms with E-state index in [2.05, 4.69) is 20.6 Å². The van der Waals surface area contributed by atoms with Gasteiger partial charge < -0.3 is 15.4 Å². The van der Waals surface area contributed by atoms with Crippen LogP contribution in [0.1, 0.15) is 24.3 Å². The number of benzene rings is 2. The van der Waals surface area contributed by atoms with Gasteiger partial charge in [-0.25, -0.2) is 18.7 Å². The van der Waals surface area contributed by atoms with Crippen molar-refractivity contribution in [1.29, 1.82) is 0 Å². The SMILES string of the molecule is CC(C)Oc1ccccc1NC(=O)c1ccnc(Nc2ccc(F)c(F)c2)n1. The molecule has 0 atom stereocenters. The van der Waals surface area contributed by atoms with E-state index in [1.807, 2.05) is 19.9 Å². The quantitative estimate of drug-likeness (QED) is 0.653. The lowest BCUT2D eigenvalue weighted by molar-refractivity contribution is 0.102. The molecule has 2 aromatic carbocycles. The molecule has 1 aromatic heterocycles. The van der Waals surface area contributed by atoms with E-state index >= 15 is 0 Å². The van der Waals surface area contributed by atoms with Crippen LogP contribution in [-0.2, 0) is 0 Å². The predicted octanol–water partition coefficient (Wildman–Crippen LogP) is 4.54. The maximum absolute atomic E-state index is 13.3. The molecule has 0 unspecified atom stereocenters. The van der Waals surface area contributed by atoms with E-state index < -0.39 is 17.5 Å². The molecule has 0 bridgehead atoms. The summed E-state index contributed by atoms with van der Waals surface area (Å²) in [7, 11) is 0. The summed E-state index contributed by atoms with van der Waals surface area (Å²) in [5.41, 5.74) is 0.862. The van der Waals surface area contributed by atoms with Crippen LogP contribution in [0.3, 0.4) is 0 Å². The van der Waals surface area contributed by atoms with Crippen molar-refractivity contribution in [1.82, 2.24) is 9.97 Å². The average Bonchev–Trinajstić information content (AvgIpc) is 2.66. The van der Waals surface area contributed by atoms with Crippen LogP contribution in [0.2, 0.25) is 0 Å². The van der Waals surface area contributed by atoms with Gasteiger partial charge in [-0.1, -0.05) is 12.1 Å². The molecule has 0 radical (unpaired) electrons. The van der Waals surface area contributed by atoms with Crippen molar-refractivity contribution in [2.75, 3.05) is 10.6 Å². The van der Waals surface area contributed by atoms with E-state index in [-0.39, 0.29) is 23.4 Å². The highest BCUT2D eigenvalue weighted by atomic mass is 19.2. The summed E-state index contributed by atoms with van der Waals surface area (Å²) < 4.78 is 32.0. The van der Waals surface area contributed by atoms with Gasteiger partial charge in [-0.05, 0) is 44.2 Å². The van der Waals surface area contributed by atoms with Crippen molar-refractivity contribution in [3.8, 4) is 5.75 Å². The second kappa shape index (κ2) is 8.43. The number of aromatic nitrogens is 2. The predicted molar refractivity (Wildman–Crippen MR) is 102 cm³/mol. The molecule has 0 aliphatic carbocycles. The van der Waals surface area contributed by atoms with Gasteiger partial charge in [0.15, 0.2) is 11.6 Å². The number of hydrogen-bond acceptors (Lipinski definition) is 5. The summed E-state index contributed by atoms with van der Waals surface area (Å²) in [4.78, 5) is 20.7. The fraction of sp³-hybridized carbons (Fsp3) is 0.150. The number of carbonyl (C=O) groups excluding carboxylic acids is 1. The van der Waals surface area contributed by atoms with Crippen molar-refractivity contribution in [3.05, 3.63) is 72.1 Å². The number of para-hydroxylation sites is 2. The Morgan fingerprint density at radius 1 is 1.07 bits per heavy atom. The Hall–Kier alpha value is -3.55. The van der Waals surface area contributed by atoms with Gasteiger partial charge in [0.1, 0.15) is 11.4 Å². The van der Waals surface area contributed by atoms with Crippen LogP contribution < -0.4 is 15.4 Å². The summed E-state index contributed by atoms with van der Waals surface area (Å²) in [5, 5.41) is 5.48. The zero-order valence-corrected chi connectivity index (χ0v) is 15.2. The lowest BCUT2D eigenvalue weighted by atomic mass is 10.2. The van der Waals surface area contributed by atoms with Crippen LogP contribution in [0.5, 0.6) is 5.75 Å². The van der Waals surface area contributed by atoms with E-state index in [1.165, 1.54) is 18.3 Å². The molecule has 3 aromatic rings. The van der Waals surface area contributed by atoms with Crippen molar-refractivity contribution in [2.24, 2.45) is 0 Å². The molecule has 144 valence electrons. The lowest BCUT2D eigenvalue weighted by Crippen LogP contribution is -2.16. The van der Waals surface area contributed by atoms with Gasteiger partial charge in [0.25, 0.3) is 5.91 Å². The van der Waals surface area contributed by atoms with Crippen molar-refractivity contribution in [3.63, 3.8) is 0 Å². The second-order valence-electron chi connectivity index (χ2n) is 6.14. The molecule has 6 nitrogen and oxygen atoms in total. The molecule has 1 heterocycles. The fourth-order valence-electron chi connectivity index (χ4n) is 2.36. The van der Waals surface area contributed by atoms with Crippen molar-refractivity contribution >= 4 is 23.2 Å². The number of rotatable bonds is 6. The number of carbonyl (C=O) groups is 1. The molecule has 0 spiro atoms. The third-order valence-corrected chi connectivity index (χ3v) is 3.56. The minimum atomic E-state index is -0.999. The van der Waals surface area contributed by atoms with Gasteiger partial charge in [-0.2, -0.15) is 0 Å². The van der Waals surface area contributed by atoms with Gasteiger partial charge >= 0.3 is 0 Å². The highest BCUT2D eigenvalue weighted by molar-refractivity contribution is 6.03. The summed E-state index contributed by atoms with van der Waals surface area (Å²) in [6.07, 6.45) is 1.34. The highest BCUT2D eigenvalue weighted by Gasteiger charge is 2.13. The van der Waals surface area contributed by atoms with E-state index in [1.54, 1.807) is 18.2 Å². The molecule has 2 N–H and O–H groups in total. The Morgan fingerprint density at radius 2 is 1.86 bits per heavy atom. The maximum atomic E-state index is 13.3. The zero-order valence-electron chi connectivity index (χ0n) is 15.2. The Kier molecular flexibility index (Phi) is 5.78. The monoisotopic (exact) mass is 384 g/mol. The zero-order chi connectivity index (χ0) is 20.1. The highest BCUT2D eigenvalue weighted by Crippen LogP contribution is 2.25. The second-order valence-corrected chi connectivity index (χ2v) is 6.14. The van der Waals surface area contributed by atoms with Gasteiger partial charge in [0, 0.05) is 18.0 Å². The maximum Gasteiger partial charge on any atom is 0.274 e. The minimum Gasteiger partial charge on any atom is -0.489 e. The van der Waals surface area contributed by atoms with Crippen molar-refractivity contribution < 1.29 is 18.3 Å². The Labute approximate surface area is 160 Å². The standard InChI is InChI=1S/C20H18F2N4O2/c1-12(2)28-18-6-4-3-5-16(18)25-19(27)17-9-10-23-20(26-17)24-13-7-8-14(21)15(22)11-13/h3-12H,1-2H3,(H,25,27)(H,23,24,26). The first-order valence-electron chi connectivity index (χ1n) is 8.54. The molecule has 28 heavy (non-hydrogen) atoms. The third-order valence-electron chi connectivity index (χ3n) is 3.56. The fourth-order valence-corrected chi connectivity index (χ4v) is 2.36. The van der Waals surface area contributed by atoms with Gasteiger partial charge in [-0.15, -0.1) is 0 Å². The third kappa shape index (κ3) is 4.79. The number of ether oxygens (including phenoxy) is 1. The number of anilines is 3. The summed E-state index contributed by atoms with van der Waals surface area (Å²) in [5.74, 6) is -1.80. The Balaban J connectivity index is 1.76. The minimum absolute atomic E-state index is 0.0518. The van der Waals surface area contributed by atoms with E-state index in [9.17, 15) is 13.6 Å². The first-order valence-corrected chi connectivity index (χ1v) is 8.54. The van der Waals surface area contributed by atoms with Crippen LogP contribution in [0.25, 0.3) is 0 Å². The van der Waals surface area contributed by atoms with Crippen LogP contribution in [0, 0.1) is 11.6 Å². The molecule has 8 heteroatoms. The molecule has 0 aliphatic heterocycles. The van der Waals surface area contributed by atoms with Gasteiger partial charge in [-0.3, -0.25) is 4.79 Å². The van der Waals surface area contributed by atoms with Crippen molar-refractivity contribution in [2.45, 2.75) is 20.0 Å². The largest absolute Gasteiger partial charge is 0.489 e. The summed E-state index contributed by atoms with van der Waals surface area (Å²) in [6, 6.07) is 11.8. The number of hydrogen-bond donors (Lipinski definition) is 2. The average molecular weight is 384 g/mol. The number of nitrogens with one attached hydrogen (secondary N) is 2. The molecule has 0 saturated carbocycles. The number of nitrogens with zero attached hydrogens (tertiary/aromatic N) is 2. The topological polar surface area (TPSA) is 76.1 Å². The smallest absolute Gasteiger partial charge is 0.274 e. The molecule has 0 fully saturated rings. The molecule has 0 aliphatic rings. The number of amides is 1. The molecular weight excluding hydrogens is 366 g/mol.